The fourth-order valence-corrected chi connectivity index (χ4v) is 2.19. The summed E-state index contributed by atoms with van der Waals surface area (Å²) in [6.07, 6.45) is 3.28. The maximum absolute atomic E-state index is 11.9. The number of amides is 2. The Hall–Kier alpha value is -1.75. The van der Waals surface area contributed by atoms with Crippen LogP contribution < -0.4 is 11.1 Å². The fraction of sp³-hybridized carbons (Fsp3) is 0.429. The SMILES string of the molecule is Cl.Nc1cccc(C(=O)NCC(=O)N2CCCCC2)c1. The van der Waals surface area contributed by atoms with Gasteiger partial charge in [0.15, 0.2) is 0 Å². The number of carbonyl (C=O) groups is 2. The van der Waals surface area contributed by atoms with Crippen molar-refractivity contribution in [2.45, 2.75) is 19.3 Å². The van der Waals surface area contributed by atoms with Gasteiger partial charge in [-0.3, -0.25) is 9.59 Å². The van der Waals surface area contributed by atoms with Crippen LogP contribution in [0.1, 0.15) is 29.6 Å². The second kappa shape index (κ2) is 7.75. The van der Waals surface area contributed by atoms with Crippen LogP contribution in [0, 0.1) is 0 Å². The Morgan fingerprint density at radius 1 is 1.20 bits per heavy atom. The second-order valence-corrected chi connectivity index (χ2v) is 4.75. The van der Waals surface area contributed by atoms with E-state index >= 15 is 0 Å². The highest BCUT2D eigenvalue weighted by atomic mass is 35.5. The van der Waals surface area contributed by atoms with Crippen LogP contribution in [-0.4, -0.2) is 36.3 Å². The fourth-order valence-electron chi connectivity index (χ4n) is 2.19. The van der Waals surface area contributed by atoms with Gasteiger partial charge < -0.3 is 16.0 Å². The van der Waals surface area contributed by atoms with E-state index in [1.165, 1.54) is 6.42 Å². The lowest BCUT2D eigenvalue weighted by molar-refractivity contribution is -0.130. The maximum Gasteiger partial charge on any atom is 0.251 e. The van der Waals surface area contributed by atoms with E-state index in [9.17, 15) is 9.59 Å². The molecule has 110 valence electrons. The predicted octanol–water partition coefficient (Wildman–Crippen LogP) is 1.43. The average Bonchev–Trinajstić information content (AvgIpc) is 2.45. The van der Waals surface area contributed by atoms with Crippen molar-refractivity contribution in [2.24, 2.45) is 0 Å². The highest BCUT2D eigenvalue weighted by Gasteiger charge is 2.17. The smallest absolute Gasteiger partial charge is 0.251 e. The number of likely N-dealkylation sites (tertiary alicyclic amines) is 1. The van der Waals surface area contributed by atoms with E-state index in [0.29, 0.717) is 11.3 Å². The number of carbonyl (C=O) groups excluding carboxylic acids is 2. The molecule has 0 atom stereocenters. The van der Waals surface area contributed by atoms with Gasteiger partial charge in [-0.05, 0) is 37.5 Å². The van der Waals surface area contributed by atoms with Crippen LogP contribution in [0.15, 0.2) is 24.3 Å². The van der Waals surface area contributed by atoms with Gasteiger partial charge in [0, 0.05) is 24.3 Å². The molecule has 1 aromatic carbocycles. The standard InChI is InChI=1S/C14H19N3O2.ClH/c15-12-6-4-5-11(9-12)14(19)16-10-13(18)17-7-2-1-3-8-17;/h4-6,9H,1-3,7-8,10,15H2,(H,16,19);1H. The molecule has 0 unspecified atom stereocenters. The number of piperidine rings is 1. The highest BCUT2D eigenvalue weighted by Crippen LogP contribution is 2.09. The summed E-state index contributed by atoms with van der Waals surface area (Å²) >= 11 is 0. The molecule has 0 spiro atoms. The molecule has 1 saturated heterocycles. The first-order valence-electron chi connectivity index (χ1n) is 6.58. The third kappa shape index (κ3) is 4.42. The van der Waals surface area contributed by atoms with E-state index in [-0.39, 0.29) is 30.8 Å². The highest BCUT2D eigenvalue weighted by molar-refractivity contribution is 5.97. The number of benzene rings is 1. The Bertz CT molecular complexity index is 473. The lowest BCUT2D eigenvalue weighted by Gasteiger charge is -2.26. The van der Waals surface area contributed by atoms with Crippen LogP contribution in [-0.2, 0) is 4.79 Å². The van der Waals surface area contributed by atoms with Gasteiger partial charge in [-0.15, -0.1) is 12.4 Å². The Morgan fingerprint density at radius 3 is 2.55 bits per heavy atom. The molecule has 2 rings (SSSR count). The molecule has 0 saturated carbocycles. The molecule has 0 radical (unpaired) electrons. The molecule has 1 fully saturated rings. The molecule has 3 N–H and O–H groups in total. The summed E-state index contributed by atoms with van der Waals surface area (Å²) in [6, 6.07) is 6.71. The number of rotatable bonds is 3. The number of nitrogens with zero attached hydrogens (tertiary/aromatic N) is 1. The summed E-state index contributed by atoms with van der Waals surface area (Å²) < 4.78 is 0. The maximum atomic E-state index is 11.9. The Labute approximate surface area is 124 Å². The van der Waals surface area contributed by atoms with E-state index in [0.717, 1.165) is 25.9 Å². The molecule has 0 aliphatic carbocycles. The van der Waals surface area contributed by atoms with Crippen molar-refractivity contribution in [1.29, 1.82) is 0 Å². The van der Waals surface area contributed by atoms with Crippen molar-refractivity contribution in [1.82, 2.24) is 10.2 Å². The topological polar surface area (TPSA) is 75.4 Å². The molecule has 1 heterocycles. The van der Waals surface area contributed by atoms with Gasteiger partial charge >= 0.3 is 0 Å². The number of hydrogen-bond acceptors (Lipinski definition) is 3. The zero-order valence-electron chi connectivity index (χ0n) is 11.3. The summed E-state index contributed by atoms with van der Waals surface area (Å²) in [7, 11) is 0. The van der Waals surface area contributed by atoms with Crippen LogP contribution in [0.4, 0.5) is 5.69 Å². The summed E-state index contributed by atoms with van der Waals surface area (Å²) in [5.74, 6) is -0.283. The van der Waals surface area contributed by atoms with Crippen LogP contribution >= 0.6 is 12.4 Å². The van der Waals surface area contributed by atoms with Gasteiger partial charge in [-0.1, -0.05) is 6.07 Å². The van der Waals surface area contributed by atoms with Crippen LogP contribution in [0.25, 0.3) is 0 Å². The normalized spacial score (nSPS) is 14.3. The minimum Gasteiger partial charge on any atom is -0.399 e. The minimum absolute atomic E-state index is 0. The zero-order valence-corrected chi connectivity index (χ0v) is 12.1. The second-order valence-electron chi connectivity index (χ2n) is 4.75. The molecule has 20 heavy (non-hydrogen) atoms. The van der Waals surface area contributed by atoms with Gasteiger partial charge in [0.1, 0.15) is 0 Å². The number of halogens is 1. The molecule has 1 aliphatic heterocycles. The molecule has 0 aromatic heterocycles. The third-order valence-electron chi connectivity index (χ3n) is 3.26. The summed E-state index contributed by atoms with van der Waals surface area (Å²) in [4.78, 5) is 25.5. The first kappa shape index (κ1) is 16.3. The number of nitrogen functional groups attached to an aromatic ring is 1. The zero-order chi connectivity index (χ0) is 13.7. The summed E-state index contributed by atoms with van der Waals surface area (Å²) in [6.45, 7) is 1.65. The first-order valence-corrected chi connectivity index (χ1v) is 6.58. The number of nitrogens with two attached hydrogens (primary N) is 1. The van der Waals surface area contributed by atoms with E-state index in [4.69, 9.17) is 5.73 Å². The van der Waals surface area contributed by atoms with Crippen molar-refractivity contribution in [3.8, 4) is 0 Å². The monoisotopic (exact) mass is 297 g/mol. The first-order chi connectivity index (χ1) is 9.16. The summed E-state index contributed by atoms with van der Waals surface area (Å²) in [5, 5.41) is 2.64. The van der Waals surface area contributed by atoms with Crippen LogP contribution in [0.5, 0.6) is 0 Å². The number of hydrogen-bond donors (Lipinski definition) is 2. The molecule has 6 heteroatoms. The number of nitrogens with one attached hydrogen (secondary N) is 1. The van der Waals surface area contributed by atoms with Gasteiger partial charge in [0.25, 0.3) is 5.91 Å². The summed E-state index contributed by atoms with van der Waals surface area (Å²) in [5.41, 5.74) is 6.63. The molecular formula is C14H20ClN3O2. The van der Waals surface area contributed by atoms with Crippen molar-refractivity contribution in [2.75, 3.05) is 25.4 Å². The largest absolute Gasteiger partial charge is 0.399 e. The van der Waals surface area contributed by atoms with E-state index in [1.807, 2.05) is 4.90 Å². The number of anilines is 1. The van der Waals surface area contributed by atoms with E-state index in [1.54, 1.807) is 24.3 Å². The quantitative estimate of drug-likeness (QED) is 0.829. The van der Waals surface area contributed by atoms with Crippen molar-refractivity contribution in [3.05, 3.63) is 29.8 Å². The van der Waals surface area contributed by atoms with Crippen molar-refractivity contribution >= 4 is 29.9 Å². The van der Waals surface area contributed by atoms with Gasteiger partial charge in [0.05, 0.1) is 6.54 Å². The van der Waals surface area contributed by atoms with Crippen molar-refractivity contribution < 1.29 is 9.59 Å². The third-order valence-corrected chi connectivity index (χ3v) is 3.26. The molecule has 0 bridgehead atoms. The molecule has 2 amide bonds. The van der Waals surface area contributed by atoms with Gasteiger partial charge in [0.2, 0.25) is 5.91 Å². The lowest BCUT2D eigenvalue weighted by atomic mass is 10.1. The Kier molecular flexibility index (Phi) is 6.31. The molecule has 5 nitrogen and oxygen atoms in total. The lowest BCUT2D eigenvalue weighted by Crippen LogP contribution is -2.42. The van der Waals surface area contributed by atoms with Gasteiger partial charge in [-0.2, -0.15) is 0 Å². The van der Waals surface area contributed by atoms with E-state index in [2.05, 4.69) is 5.32 Å². The van der Waals surface area contributed by atoms with Crippen LogP contribution in [0.2, 0.25) is 0 Å². The van der Waals surface area contributed by atoms with E-state index < -0.39 is 0 Å². The van der Waals surface area contributed by atoms with Crippen LogP contribution in [0.3, 0.4) is 0 Å². The van der Waals surface area contributed by atoms with Crippen molar-refractivity contribution in [3.63, 3.8) is 0 Å². The van der Waals surface area contributed by atoms with Gasteiger partial charge in [-0.25, -0.2) is 0 Å². The molecule has 1 aliphatic rings. The average molecular weight is 298 g/mol. The molecule has 1 aromatic rings. The molecular weight excluding hydrogens is 278 g/mol. The minimum atomic E-state index is -0.266. The Balaban J connectivity index is 0.00000200. The Morgan fingerprint density at radius 2 is 1.90 bits per heavy atom. The predicted molar refractivity (Wildman–Crippen MR) is 80.9 cm³/mol.